The van der Waals surface area contributed by atoms with Gasteiger partial charge in [0.25, 0.3) is 0 Å². The molecule has 1 fully saturated rings. The first-order valence-electron chi connectivity index (χ1n) is 9.90. The Kier molecular flexibility index (Phi) is 5.11. The molecule has 4 rings (SSSR count). The molecule has 2 amide bonds. The number of hydrogen-bond donors (Lipinski definition) is 0. The Balaban J connectivity index is 1.44. The van der Waals surface area contributed by atoms with Gasteiger partial charge in [-0.2, -0.15) is 5.10 Å². The van der Waals surface area contributed by atoms with Crippen LogP contribution in [-0.4, -0.2) is 54.5 Å². The fraction of sp³-hybridized carbons (Fsp3) is 0.550. The average Bonchev–Trinajstić information content (AvgIpc) is 3.34. The molecular formula is C20H26N6O2. The maximum atomic E-state index is 12.8. The highest BCUT2D eigenvalue weighted by molar-refractivity contribution is 5.77. The van der Waals surface area contributed by atoms with E-state index in [1.165, 1.54) is 0 Å². The van der Waals surface area contributed by atoms with Crippen LogP contribution in [0.2, 0.25) is 0 Å². The van der Waals surface area contributed by atoms with Crippen molar-refractivity contribution < 1.29 is 9.59 Å². The summed E-state index contributed by atoms with van der Waals surface area (Å²) >= 11 is 0. The Morgan fingerprint density at radius 3 is 2.86 bits per heavy atom. The molecule has 148 valence electrons. The van der Waals surface area contributed by atoms with Crippen LogP contribution in [0.5, 0.6) is 0 Å². The van der Waals surface area contributed by atoms with E-state index in [1.54, 1.807) is 13.1 Å². The Bertz CT molecular complexity index is 893. The minimum atomic E-state index is -0.0528. The van der Waals surface area contributed by atoms with E-state index in [9.17, 15) is 9.59 Å². The number of carbonyl (C=O) groups excluding carboxylic acids is 2. The quantitative estimate of drug-likeness (QED) is 0.803. The largest absolute Gasteiger partial charge is 0.338 e. The number of aromatic nitrogens is 4. The van der Waals surface area contributed by atoms with Crippen molar-refractivity contribution in [3.05, 3.63) is 41.2 Å². The molecule has 0 bridgehead atoms. The summed E-state index contributed by atoms with van der Waals surface area (Å²) in [4.78, 5) is 37.5. The summed E-state index contributed by atoms with van der Waals surface area (Å²) in [7, 11) is 0. The van der Waals surface area contributed by atoms with Gasteiger partial charge in [0.2, 0.25) is 11.8 Å². The Morgan fingerprint density at radius 1 is 1.25 bits per heavy atom. The Hall–Kier alpha value is -2.77. The highest BCUT2D eigenvalue weighted by atomic mass is 16.2. The molecule has 0 radical (unpaired) electrons. The molecule has 8 heteroatoms. The smallest absolute Gasteiger partial charge is 0.225 e. The van der Waals surface area contributed by atoms with Crippen molar-refractivity contribution in [1.29, 1.82) is 0 Å². The normalized spacial score (nSPS) is 19.0. The van der Waals surface area contributed by atoms with Gasteiger partial charge in [0.05, 0.1) is 17.9 Å². The fourth-order valence-corrected chi connectivity index (χ4v) is 4.04. The molecule has 2 aliphatic rings. The number of hydrogen-bond acceptors (Lipinski definition) is 5. The van der Waals surface area contributed by atoms with Gasteiger partial charge in [-0.1, -0.05) is 0 Å². The first-order valence-corrected chi connectivity index (χ1v) is 9.90. The number of likely N-dealkylation sites (tertiary alicyclic amines) is 1. The lowest BCUT2D eigenvalue weighted by atomic mass is 10.1. The van der Waals surface area contributed by atoms with E-state index in [2.05, 4.69) is 10.1 Å². The maximum Gasteiger partial charge on any atom is 0.225 e. The SMILES string of the molecule is CC(=O)N1CCc2nc([C@@H]3CCCN3C(=O)CCn3cc(C)cn3)ncc2C1. The summed E-state index contributed by atoms with van der Waals surface area (Å²) < 4.78 is 1.81. The fourth-order valence-electron chi connectivity index (χ4n) is 4.04. The van der Waals surface area contributed by atoms with Crippen LogP contribution in [0.15, 0.2) is 18.6 Å². The molecule has 8 nitrogen and oxygen atoms in total. The molecule has 2 aromatic heterocycles. The van der Waals surface area contributed by atoms with Crippen LogP contribution in [0.4, 0.5) is 0 Å². The van der Waals surface area contributed by atoms with Crippen LogP contribution in [0.3, 0.4) is 0 Å². The lowest BCUT2D eigenvalue weighted by Gasteiger charge is -2.28. The van der Waals surface area contributed by atoms with E-state index in [1.807, 2.05) is 33.8 Å². The predicted molar refractivity (Wildman–Crippen MR) is 102 cm³/mol. The summed E-state index contributed by atoms with van der Waals surface area (Å²) in [5, 5.41) is 4.25. The molecule has 2 aliphatic heterocycles. The van der Waals surface area contributed by atoms with Crippen LogP contribution >= 0.6 is 0 Å². The van der Waals surface area contributed by atoms with Gasteiger partial charge < -0.3 is 9.80 Å². The van der Waals surface area contributed by atoms with Gasteiger partial charge in [0.15, 0.2) is 5.82 Å². The summed E-state index contributed by atoms with van der Waals surface area (Å²) in [5.41, 5.74) is 3.11. The molecule has 1 atom stereocenters. The van der Waals surface area contributed by atoms with E-state index in [4.69, 9.17) is 4.98 Å². The van der Waals surface area contributed by atoms with Crippen LogP contribution in [0, 0.1) is 6.92 Å². The first-order chi connectivity index (χ1) is 13.5. The number of rotatable bonds is 4. The van der Waals surface area contributed by atoms with E-state index >= 15 is 0 Å². The Morgan fingerprint density at radius 2 is 2.11 bits per heavy atom. The van der Waals surface area contributed by atoms with Crippen molar-refractivity contribution in [2.24, 2.45) is 0 Å². The molecule has 28 heavy (non-hydrogen) atoms. The summed E-state index contributed by atoms with van der Waals surface area (Å²) in [6.07, 6.45) is 8.62. The van der Waals surface area contributed by atoms with Gasteiger partial charge in [-0.3, -0.25) is 14.3 Å². The third-order valence-corrected chi connectivity index (χ3v) is 5.59. The number of aryl methyl sites for hydroxylation is 2. The van der Waals surface area contributed by atoms with Crippen molar-refractivity contribution in [3.8, 4) is 0 Å². The topological polar surface area (TPSA) is 84.2 Å². The second-order valence-corrected chi connectivity index (χ2v) is 7.67. The molecule has 0 spiro atoms. The molecule has 0 aliphatic carbocycles. The van der Waals surface area contributed by atoms with E-state index in [0.29, 0.717) is 26.1 Å². The number of fused-ring (bicyclic) bond motifs is 1. The van der Waals surface area contributed by atoms with E-state index < -0.39 is 0 Å². The molecule has 4 heterocycles. The van der Waals surface area contributed by atoms with Gasteiger partial charge >= 0.3 is 0 Å². The van der Waals surface area contributed by atoms with Gasteiger partial charge in [0.1, 0.15) is 0 Å². The third kappa shape index (κ3) is 3.76. The lowest BCUT2D eigenvalue weighted by molar-refractivity contribution is -0.132. The highest BCUT2D eigenvalue weighted by Gasteiger charge is 2.32. The Labute approximate surface area is 164 Å². The molecule has 1 saturated heterocycles. The molecule has 0 saturated carbocycles. The molecular weight excluding hydrogens is 356 g/mol. The monoisotopic (exact) mass is 382 g/mol. The molecule has 0 unspecified atom stereocenters. The summed E-state index contributed by atoms with van der Waals surface area (Å²) in [5.74, 6) is 0.935. The zero-order chi connectivity index (χ0) is 19.7. The third-order valence-electron chi connectivity index (χ3n) is 5.59. The van der Waals surface area contributed by atoms with Gasteiger partial charge in [-0.05, 0) is 25.3 Å². The average molecular weight is 382 g/mol. The van der Waals surface area contributed by atoms with Crippen LogP contribution in [0.1, 0.15) is 54.9 Å². The van der Waals surface area contributed by atoms with Gasteiger partial charge in [-0.15, -0.1) is 0 Å². The number of carbonyl (C=O) groups is 2. The zero-order valence-corrected chi connectivity index (χ0v) is 16.5. The van der Waals surface area contributed by atoms with Crippen molar-refractivity contribution in [3.63, 3.8) is 0 Å². The molecule has 2 aromatic rings. The van der Waals surface area contributed by atoms with E-state index in [-0.39, 0.29) is 17.9 Å². The van der Waals surface area contributed by atoms with Crippen molar-refractivity contribution >= 4 is 11.8 Å². The van der Waals surface area contributed by atoms with Crippen LogP contribution in [-0.2, 0) is 29.1 Å². The summed E-state index contributed by atoms with van der Waals surface area (Å²) in [6.45, 7) is 6.18. The van der Waals surface area contributed by atoms with Crippen molar-refractivity contribution in [2.75, 3.05) is 13.1 Å². The number of nitrogens with zero attached hydrogens (tertiary/aromatic N) is 6. The first kappa shape index (κ1) is 18.6. The zero-order valence-electron chi connectivity index (χ0n) is 16.5. The lowest BCUT2D eigenvalue weighted by Crippen LogP contribution is -2.36. The van der Waals surface area contributed by atoms with Crippen LogP contribution < -0.4 is 0 Å². The van der Waals surface area contributed by atoms with Gasteiger partial charge in [-0.25, -0.2) is 9.97 Å². The minimum absolute atomic E-state index is 0.0528. The standard InChI is InChI=1S/C20H26N6O2/c1-14-10-22-25(12-14)9-6-19(28)26-7-3-4-18(26)20-21-11-16-13-24(15(2)27)8-5-17(16)23-20/h10-12,18H,3-9,13H2,1-2H3/t18-/m0/s1. The van der Waals surface area contributed by atoms with Crippen molar-refractivity contribution in [2.45, 2.75) is 58.7 Å². The minimum Gasteiger partial charge on any atom is -0.338 e. The maximum absolute atomic E-state index is 12.8. The molecule has 0 aromatic carbocycles. The predicted octanol–water partition coefficient (Wildman–Crippen LogP) is 1.64. The van der Waals surface area contributed by atoms with Crippen LogP contribution in [0.25, 0.3) is 0 Å². The molecule has 0 N–H and O–H groups in total. The van der Waals surface area contributed by atoms with Gasteiger partial charge in [0, 0.05) is 63.9 Å². The second kappa shape index (κ2) is 7.69. The highest BCUT2D eigenvalue weighted by Crippen LogP contribution is 2.31. The van der Waals surface area contributed by atoms with Crippen molar-refractivity contribution in [1.82, 2.24) is 29.5 Å². The summed E-state index contributed by atoms with van der Waals surface area (Å²) in [6, 6.07) is -0.0528. The number of amides is 2. The second-order valence-electron chi connectivity index (χ2n) is 7.67. The van der Waals surface area contributed by atoms with E-state index in [0.717, 1.165) is 48.5 Å².